The van der Waals surface area contributed by atoms with Crippen molar-refractivity contribution in [3.05, 3.63) is 45.3 Å². The summed E-state index contributed by atoms with van der Waals surface area (Å²) in [6.07, 6.45) is 0. The third kappa shape index (κ3) is 2.41. The van der Waals surface area contributed by atoms with Crippen LogP contribution in [0.5, 0.6) is 0 Å². The molecule has 0 bridgehead atoms. The van der Waals surface area contributed by atoms with Gasteiger partial charge in [-0.1, -0.05) is 27.5 Å². The number of nitrogens with two attached hydrogens (primary N) is 1. The van der Waals surface area contributed by atoms with Gasteiger partial charge in [0.2, 0.25) is 0 Å². The highest BCUT2D eigenvalue weighted by molar-refractivity contribution is 9.10. The summed E-state index contributed by atoms with van der Waals surface area (Å²) >= 11 is 11.1. The fraction of sp³-hybridized carbons (Fsp3) is 0. The Morgan fingerprint density at radius 3 is 2.79 bits per heavy atom. The number of hydrogen-bond donors (Lipinski definition) is 2. The molecule has 1 heterocycles. The number of benzene rings is 2. The summed E-state index contributed by atoms with van der Waals surface area (Å²) < 4.78 is 2.01. The molecule has 0 unspecified atom stereocenters. The van der Waals surface area contributed by atoms with E-state index in [0.717, 1.165) is 26.1 Å². The van der Waals surface area contributed by atoms with Crippen LogP contribution < -0.4 is 11.1 Å². The van der Waals surface area contributed by atoms with Gasteiger partial charge in [-0.15, -0.1) is 11.3 Å². The van der Waals surface area contributed by atoms with E-state index in [1.165, 1.54) is 0 Å². The first kappa shape index (κ1) is 12.7. The first-order valence-electron chi connectivity index (χ1n) is 5.49. The fourth-order valence-electron chi connectivity index (χ4n) is 1.80. The molecular weight excluding hydrogens is 346 g/mol. The molecule has 0 aliphatic heterocycles. The lowest BCUT2D eigenvalue weighted by Gasteiger charge is -2.11. The maximum atomic E-state index is 6.18. The van der Waals surface area contributed by atoms with Crippen molar-refractivity contribution in [2.75, 3.05) is 11.1 Å². The van der Waals surface area contributed by atoms with Crippen LogP contribution in [0.15, 0.2) is 40.3 Å². The molecular formula is C13H9BrClN3S. The maximum absolute atomic E-state index is 6.18. The second kappa shape index (κ2) is 5.00. The summed E-state index contributed by atoms with van der Waals surface area (Å²) in [5.74, 6) is 0. The van der Waals surface area contributed by atoms with Crippen molar-refractivity contribution in [3.8, 4) is 0 Å². The predicted octanol–water partition coefficient (Wildman–Crippen LogP) is 5.04. The van der Waals surface area contributed by atoms with Gasteiger partial charge in [0.1, 0.15) is 5.52 Å². The number of rotatable bonds is 2. The number of aromatic nitrogens is 1. The summed E-state index contributed by atoms with van der Waals surface area (Å²) in [6, 6.07) is 9.59. The number of nitrogen functional groups attached to an aromatic ring is 1. The Kier molecular flexibility index (Phi) is 3.35. The van der Waals surface area contributed by atoms with Crippen molar-refractivity contribution >= 4 is 66.1 Å². The first-order valence-corrected chi connectivity index (χ1v) is 7.54. The Balaban J connectivity index is 2.03. The lowest BCUT2D eigenvalue weighted by atomic mass is 10.2. The summed E-state index contributed by atoms with van der Waals surface area (Å²) in [5.41, 5.74) is 11.0. The molecule has 2 aromatic carbocycles. The second-order valence-electron chi connectivity index (χ2n) is 3.98. The smallest absolute Gasteiger partial charge is 0.106 e. The lowest BCUT2D eigenvalue weighted by Crippen LogP contribution is -1.97. The molecule has 0 atom stereocenters. The van der Waals surface area contributed by atoms with Gasteiger partial charge in [0.05, 0.1) is 32.3 Å². The van der Waals surface area contributed by atoms with Crippen LogP contribution >= 0.6 is 38.9 Å². The molecule has 3 rings (SSSR count). The molecule has 1 aromatic heterocycles. The van der Waals surface area contributed by atoms with Crippen LogP contribution in [-0.2, 0) is 0 Å². The molecule has 6 heteroatoms. The van der Waals surface area contributed by atoms with E-state index in [0.29, 0.717) is 10.7 Å². The topological polar surface area (TPSA) is 50.9 Å². The molecule has 3 N–H and O–H groups in total. The Bertz CT molecular complexity index is 757. The number of fused-ring (bicyclic) bond motifs is 1. The van der Waals surface area contributed by atoms with Crippen molar-refractivity contribution in [1.29, 1.82) is 0 Å². The molecule has 0 aliphatic carbocycles. The molecule has 3 aromatic rings. The number of nitrogens with zero attached hydrogens (tertiary/aromatic N) is 1. The average molecular weight is 355 g/mol. The van der Waals surface area contributed by atoms with Gasteiger partial charge in [0.25, 0.3) is 0 Å². The first-order chi connectivity index (χ1) is 9.15. The van der Waals surface area contributed by atoms with Gasteiger partial charge < -0.3 is 11.1 Å². The van der Waals surface area contributed by atoms with Gasteiger partial charge in [-0.2, -0.15) is 0 Å². The zero-order valence-corrected chi connectivity index (χ0v) is 12.8. The molecule has 0 aliphatic rings. The number of halogens is 2. The average Bonchev–Trinajstić information content (AvgIpc) is 2.85. The van der Waals surface area contributed by atoms with Crippen molar-refractivity contribution in [2.45, 2.75) is 0 Å². The van der Waals surface area contributed by atoms with Gasteiger partial charge in [0.15, 0.2) is 0 Å². The third-order valence-corrected chi connectivity index (χ3v) is 4.34. The Morgan fingerprint density at radius 2 is 2.00 bits per heavy atom. The molecule has 0 saturated heterocycles. The number of thiazole rings is 1. The largest absolute Gasteiger partial charge is 0.395 e. The lowest BCUT2D eigenvalue weighted by molar-refractivity contribution is 1.48. The quantitative estimate of drug-likeness (QED) is 0.634. The molecule has 19 heavy (non-hydrogen) atoms. The Morgan fingerprint density at radius 1 is 1.21 bits per heavy atom. The minimum Gasteiger partial charge on any atom is -0.395 e. The monoisotopic (exact) mass is 353 g/mol. The highest BCUT2D eigenvalue weighted by Gasteiger charge is 2.08. The van der Waals surface area contributed by atoms with Crippen LogP contribution in [0, 0.1) is 0 Å². The maximum Gasteiger partial charge on any atom is 0.106 e. The van der Waals surface area contributed by atoms with E-state index < -0.39 is 0 Å². The Hall–Kier alpha value is -1.30. The van der Waals surface area contributed by atoms with Gasteiger partial charge >= 0.3 is 0 Å². The van der Waals surface area contributed by atoms with Crippen LogP contribution in [-0.4, -0.2) is 4.98 Å². The summed E-state index contributed by atoms with van der Waals surface area (Å²) in [5, 5.41) is 3.87. The highest BCUT2D eigenvalue weighted by Crippen LogP contribution is 2.34. The van der Waals surface area contributed by atoms with E-state index >= 15 is 0 Å². The van der Waals surface area contributed by atoms with Crippen molar-refractivity contribution in [2.24, 2.45) is 0 Å². The minimum atomic E-state index is 0.632. The van der Waals surface area contributed by atoms with E-state index in [1.807, 2.05) is 30.3 Å². The predicted molar refractivity (Wildman–Crippen MR) is 86.5 cm³/mol. The van der Waals surface area contributed by atoms with Gasteiger partial charge in [-0.05, 0) is 30.3 Å². The van der Waals surface area contributed by atoms with Crippen LogP contribution in [0.1, 0.15) is 0 Å². The Labute approximate surface area is 127 Å². The highest BCUT2D eigenvalue weighted by atomic mass is 79.9. The van der Waals surface area contributed by atoms with E-state index in [-0.39, 0.29) is 0 Å². The summed E-state index contributed by atoms with van der Waals surface area (Å²) in [6.45, 7) is 0. The van der Waals surface area contributed by atoms with Crippen molar-refractivity contribution in [3.63, 3.8) is 0 Å². The number of nitrogens with one attached hydrogen (secondary N) is 1. The van der Waals surface area contributed by atoms with E-state index in [4.69, 9.17) is 17.3 Å². The molecule has 0 saturated carbocycles. The minimum absolute atomic E-state index is 0.632. The SMILES string of the molecule is Nc1c(Nc2ccc(Br)cc2Cl)ccc2scnc12. The molecule has 0 radical (unpaired) electrons. The zero-order valence-electron chi connectivity index (χ0n) is 9.65. The summed E-state index contributed by atoms with van der Waals surface area (Å²) in [4.78, 5) is 4.27. The molecule has 3 nitrogen and oxygen atoms in total. The molecule has 0 spiro atoms. The molecule has 0 fully saturated rings. The van der Waals surface area contributed by atoms with Crippen LogP contribution in [0.3, 0.4) is 0 Å². The third-order valence-electron chi connectivity index (χ3n) is 2.74. The number of hydrogen-bond acceptors (Lipinski definition) is 4. The summed E-state index contributed by atoms with van der Waals surface area (Å²) in [7, 11) is 0. The number of anilines is 3. The van der Waals surface area contributed by atoms with Gasteiger partial charge in [-0.25, -0.2) is 4.98 Å². The second-order valence-corrected chi connectivity index (χ2v) is 6.18. The fourth-order valence-corrected chi connectivity index (χ4v) is 3.21. The van der Waals surface area contributed by atoms with Crippen LogP contribution in [0.4, 0.5) is 17.1 Å². The van der Waals surface area contributed by atoms with E-state index in [2.05, 4.69) is 26.2 Å². The molecule has 0 amide bonds. The molecule has 96 valence electrons. The zero-order chi connectivity index (χ0) is 13.4. The van der Waals surface area contributed by atoms with Crippen LogP contribution in [0.25, 0.3) is 10.2 Å². The standard InChI is InChI=1S/C13H9BrClN3S/c14-7-1-2-9(8(15)5-7)18-10-3-4-11-13(12(10)16)17-6-19-11/h1-6,18H,16H2. The normalized spacial score (nSPS) is 10.8. The van der Waals surface area contributed by atoms with Gasteiger partial charge in [0, 0.05) is 4.47 Å². The van der Waals surface area contributed by atoms with Crippen molar-refractivity contribution < 1.29 is 0 Å². The van der Waals surface area contributed by atoms with Gasteiger partial charge in [-0.3, -0.25) is 0 Å². The van der Waals surface area contributed by atoms with Crippen LogP contribution in [0.2, 0.25) is 5.02 Å². The van der Waals surface area contributed by atoms with Crippen molar-refractivity contribution in [1.82, 2.24) is 4.98 Å². The van der Waals surface area contributed by atoms with E-state index in [9.17, 15) is 0 Å². The van der Waals surface area contributed by atoms with E-state index in [1.54, 1.807) is 16.8 Å².